The molecular weight excluding hydrogens is 374 g/mol. The Balaban J connectivity index is 0.000000614. The van der Waals surface area contributed by atoms with Crippen LogP contribution in [0.4, 0.5) is 0 Å². The molecule has 31 heavy (non-hydrogen) atoms. The first kappa shape index (κ1) is 25.1. The lowest BCUT2D eigenvalue weighted by Crippen LogP contribution is -2.10. The lowest BCUT2D eigenvalue weighted by atomic mass is 9.84. The Bertz CT molecular complexity index is 806. The fourth-order valence-electron chi connectivity index (χ4n) is 3.49. The van der Waals surface area contributed by atoms with E-state index in [1.54, 1.807) is 0 Å². The van der Waals surface area contributed by atoms with E-state index in [9.17, 15) is 0 Å². The van der Waals surface area contributed by atoms with Crippen LogP contribution in [0.5, 0.6) is 0 Å². The van der Waals surface area contributed by atoms with E-state index in [4.69, 9.17) is 5.73 Å². The topological polar surface area (TPSA) is 26.0 Å². The van der Waals surface area contributed by atoms with E-state index in [1.807, 2.05) is 0 Å². The summed E-state index contributed by atoms with van der Waals surface area (Å²) in [6, 6.07) is 18.2. The molecule has 2 N–H and O–H groups in total. The molecule has 1 aliphatic carbocycles. The van der Waals surface area contributed by atoms with Gasteiger partial charge in [0.25, 0.3) is 0 Å². The summed E-state index contributed by atoms with van der Waals surface area (Å²) >= 11 is 0. The third-order valence-electron chi connectivity index (χ3n) is 5.86. The highest BCUT2D eigenvalue weighted by atomic mass is 14.5. The lowest BCUT2D eigenvalue weighted by molar-refractivity contribution is 0.590. The van der Waals surface area contributed by atoms with Crippen molar-refractivity contribution in [3.05, 3.63) is 82.9 Å². The minimum atomic E-state index is 0.214. The molecular formula is C30H43N. The van der Waals surface area contributed by atoms with Crippen molar-refractivity contribution in [2.45, 2.75) is 79.1 Å². The summed E-state index contributed by atoms with van der Waals surface area (Å²) in [6.07, 6.45) is 6.84. The van der Waals surface area contributed by atoms with E-state index in [0.717, 1.165) is 19.4 Å². The van der Waals surface area contributed by atoms with Crippen molar-refractivity contribution in [3.63, 3.8) is 0 Å². The van der Waals surface area contributed by atoms with Crippen LogP contribution in [0.15, 0.2) is 60.7 Å². The van der Waals surface area contributed by atoms with E-state index >= 15 is 0 Å². The van der Waals surface area contributed by atoms with Crippen molar-refractivity contribution >= 4 is 11.1 Å². The maximum absolute atomic E-state index is 5.17. The number of rotatable bonds is 3. The maximum atomic E-state index is 5.17. The molecule has 1 heteroatoms. The molecule has 2 aromatic carbocycles. The molecule has 0 spiro atoms. The van der Waals surface area contributed by atoms with E-state index in [0.29, 0.717) is 5.92 Å². The van der Waals surface area contributed by atoms with Gasteiger partial charge in [0.2, 0.25) is 0 Å². The fraction of sp³-hybridized carbons (Fsp3) is 0.467. The average molecular weight is 418 g/mol. The summed E-state index contributed by atoms with van der Waals surface area (Å²) in [7, 11) is 0. The zero-order valence-corrected chi connectivity index (χ0v) is 21.0. The predicted octanol–water partition coefficient (Wildman–Crippen LogP) is 8.14. The third kappa shape index (κ3) is 7.51. The van der Waals surface area contributed by atoms with Crippen LogP contribution in [0.3, 0.4) is 0 Å². The van der Waals surface area contributed by atoms with Gasteiger partial charge in [-0.15, -0.1) is 0 Å². The second-order valence-electron chi connectivity index (χ2n) is 11.2. The molecule has 3 rings (SSSR count). The van der Waals surface area contributed by atoms with Crippen LogP contribution >= 0.6 is 0 Å². The van der Waals surface area contributed by atoms with Crippen molar-refractivity contribution < 1.29 is 0 Å². The molecule has 0 bridgehead atoms. The van der Waals surface area contributed by atoms with Gasteiger partial charge in [-0.25, -0.2) is 0 Å². The largest absolute Gasteiger partial charge is 0.330 e. The zero-order valence-electron chi connectivity index (χ0n) is 21.0. The molecule has 0 aromatic heterocycles. The van der Waals surface area contributed by atoms with Crippen LogP contribution in [-0.4, -0.2) is 6.54 Å². The molecule has 2 aromatic rings. The van der Waals surface area contributed by atoms with Crippen LogP contribution in [0.25, 0.3) is 11.1 Å². The normalized spacial score (nSPS) is 14.5. The van der Waals surface area contributed by atoms with Gasteiger partial charge in [0.15, 0.2) is 0 Å². The highest BCUT2D eigenvalue weighted by Gasteiger charge is 2.16. The van der Waals surface area contributed by atoms with Gasteiger partial charge in [-0.3, -0.25) is 0 Å². The second-order valence-corrected chi connectivity index (χ2v) is 11.2. The summed E-state index contributed by atoms with van der Waals surface area (Å²) in [6.45, 7) is 18.6. The summed E-state index contributed by atoms with van der Waals surface area (Å²) in [5.41, 5.74) is 14.0. The SMILES string of the molecule is CC(C)(C)c1ccc(C2=CC=C(c3ccc(C(C)(C)C)cc3)CC2)cc1.CC(C)CN. The first-order valence-electron chi connectivity index (χ1n) is 11.7. The van der Waals surface area contributed by atoms with Crippen LogP contribution < -0.4 is 5.73 Å². The van der Waals surface area contributed by atoms with Crippen molar-refractivity contribution in [1.29, 1.82) is 0 Å². The molecule has 0 unspecified atom stereocenters. The third-order valence-corrected chi connectivity index (χ3v) is 5.86. The zero-order chi connectivity index (χ0) is 23.2. The number of hydrogen-bond donors (Lipinski definition) is 1. The number of allylic oxidation sites excluding steroid dienone is 4. The van der Waals surface area contributed by atoms with E-state index in [1.165, 1.54) is 33.4 Å². The minimum Gasteiger partial charge on any atom is -0.330 e. The molecule has 0 radical (unpaired) electrons. The molecule has 168 valence electrons. The van der Waals surface area contributed by atoms with E-state index in [-0.39, 0.29) is 10.8 Å². The summed E-state index contributed by atoms with van der Waals surface area (Å²) < 4.78 is 0. The van der Waals surface area contributed by atoms with Gasteiger partial charge in [0, 0.05) is 0 Å². The maximum Gasteiger partial charge on any atom is -0.00541 e. The van der Waals surface area contributed by atoms with Crippen molar-refractivity contribution in [1.82, 2.24) is 0 Å². The van der Waals surface area contributed by atoms with Crippen LogP contribution in [0.2, 0.25) is 0 Å². The Labute approximate surface area is 191 Å². The summed E-state index contributed by atoms with van der Waals surface area (Å²) in [4.78, 5) is 0. The molecule has 0 atom stereocenters. The van der Waals surface area contributed by atoms with E-state index in [2.05, 4.69) is 116 Å². The standard InChI is InChI=1S/C26H32.C4H11N/c1-25(2,3)23-15-11-21(12-16-23)19-7-9-20(10-8-19)22-13-17-24(18-14-22)26(4,5)6;1-4(2)3-5/h7,9,11-18H,8,10H2,1-6H3;4H,3,5H2,1-2H3. The molecule has 1 aliphatic rings. The number of nitrogens with two attached hydrogens (primary N) is 1. The number of benzene rings is 2. The Hall–Kier alpha value is -2.12. The molecule has 0 saturated heterocycles. The molecule has 0 aliphatic heterocycles. The lowest BCUT2D eigenvalue weighted by Gasteiger charge is -2.21. The highest BCUT2D eigenvalue weighted by molar-refractivity contribution is 5.78. The average Bonchev–Trinajstić information content (AvgIpc) is 2.73. The van der Waals surface area contributed by atoms with Crippen LogP contribution in [0, 0.1) is 5.92 Å². The first-order chi connectivity index (χ1) is 14.4. The van der Waals surface area contributed by atoms with Gasteiger partial charge in [0.1, 0.15) is 0 Å². The Morgan fingerprint density at radius 2 is 0.935 bits per heavy atom. The molecule has 1 nitrogen and oxygen atoms in total. The Kier molecular flexibility index (Phi) is 8.49. The Morgan fingerprint density at radius 3 is 1.13 bits per heavy atom. The van der Waals surface area contributed by atoms with Gasteiger partial charge in [0.05, 0.1) is 0 Å². The minimum absolute atomic E-state index is 0.214. The Morgan fingerprint density at radius 1 is 0.645 bits per heavy atom. The van der Waals surface area contributed by atoms with Gasteiger partial charge in [-0.1, -0.05) is 116 Å². The van der Waals surface area contributed by atoms with Gasteiger partial charge < -0.3 is 5.73 Å². The van der Waals surface area contributed by atoms with Crippen molar-refractivity contribution in [2.75, 3.05) is 6.54 Å². The first-order valence-corrected chi connectivity index (χ1v) is 11.7. The number of hydrogen-bond acceptors (Lipinski definition) is 1. The smallest absolute Gasteiger partial charge is 0.00541 e. The highest BCUT2D eigenvalue weighted by Crippen LogP contribution is 2.33. The van der Waals surface area contributed by atoms with Crippen molar-refractivity contribution in [2.24, 2.45) is 11.7 Å². The van der Waals surface area contributed by atoms with E-state index < -0.39 is 0 Å². The van der Waals surface area contributed by atoms with Crippen LogP contribution in [0.1, 0.15) is 90.5 Å². The van der Waals surface area contributed by atoms with Crippen molar-refractivity contribution in [3.8, 4) is 0 Å². The molecule has 0 fully saturated rings. The predicted molar refractivity (Wildman–Crippen MR) is 139 cm³/mol. The van der Waals surface area contributed by atoms with Gasteiger partial charge in [-0.05, 0) is 69.5 Å². The fourth-order valence-corrected chi connectivity index (χ4v) is 3.49. The second kappa shape index (κ2) is 10.5. The summed E-state index contributed by atoms with van der Waals surface area (Å²) in [5, 5.41) is 0. The van der Waals surface area contributed by atoms with Crippen LogP contribution in [-0.2, 0) is 10.8 Å². The summed E-state index contributed by atoms with van der Waals surface area (Å²) in [5.74, 6) is 0.662. The monoisotopic (exact) mass is 417 g/mol. The molecule has 0 amide bonds. The van der Waals surface area contributed by atoms with Gasteiger partial charge >= 0.3 is 0 Å². The molecule has 0 heterocycles. The quantitative estimate of drug-likeness (QED) is 0.536. The molecule has 0 saturated carbocycles. The van der Waals surface area contributed by atoms with Gasteiger partial charge in [-0.2, -0.15) is 0 Å².